The van der Waals surface area contributed by atoms with Gasteiger partial charge >= 0.3 is 0 Å². The summed E-state index contributed by atoms with van der Waals surface area (Å²) in [7, 11) is 0. The molecule has 0 fully saturated rings. The van der Waals surface area contributed by atoms with Gasteiger partial charge in [0, 0.05) is 5.56 Å². The predicted octanol–water partition coefficient (Wildman–Crippen LogP) is 0.361. The second-order valence-electron chi connectivity index (χ2n) is 3.00. The van der Waals surface area contributed by atoms with E-state index in [1.165, 1.54) is 12.1 Å². The van der Waals surface area contributed by atoms with E-state index in [0.717, 1.165) is 0 Å². The van der Waals surface area contributed by atoms with Gasteiger partial charge in [-0.05, 0) is 31.3 Å². The summed E-state index contributed by atoms with van der Waals surface area (Å²) in [6, 6.07) is 2.65. The standard InChI is InChI=1S/C9H11N3O3S/c1-4(11-12-9(10)16)5-2-3-6(13)8(15)7(5)14/h2-3,13-15H,1H3,(H3,10,12,16). The zero-order valence-corrected chi connectivity index (χ0v) is 9.25. The van der Waals surface area contributed by atoms with E-state index in [0.29, 0.717) is 5.71 Å². The van der Waals surface area contributed by atoms with Gasteiger partial charge in [-0.25, -0.2) is 0 Å². The average Bonchev–Trinajstić information content (AvgIpc) is 2.23. The summed E-state index contributed by atoms with van der Waals surface area (Å²) in [5, 5.41) is 31.7. The molecule has 0 aliphatic heterocycles. The van der Waals surface area contributed by atoms with E-state index in [1.54, 1.807) is 6.92 Å². The number of benzene rings is 1. The van der Waals surface area contributed by atoms with Gasteiger partial charge in [-0.1, -0.05) is 0 Å². The SMILES string of the molecule is CC(=NNC(N)=S)c1ccc(O)c(O)c1O. The van der Waals surface area contributed by atoms with Gasteiger partial charge in [0.2, 0.25) is 5.75 Å². The van der Waals surface area contributed by atoms with Crippen LogP contribution in [0.15, 0.2) is 17.2 Å². The molecule has 86 valence electrons. The first-order chi connectivity index (χ1) is 7.43. The van der Waals surface area contributed by atoms with Crippen LogP contribution in [0.4, 0.5) is 0 Å². The maximum absolute atomic E-state index is 9.53. The number of thiocarbonyl (C=S) groups is 1. The maximum atomic E-state index is 9.53. The van der Waals surface area contributed by atoms with Crippen LogP contribution in [0.1, 0.15) is 12.5 Å². The Labute approximate surface area is 97.0 Å². The Morgan fingerprint density at radius 2 is 1.94 bits per heavy atom. The van der Waals surface area contributed by atoms with E-state index in [1.807, 2.05) is 0 Å². The van der Waals surface area contributed by atoms with Crippen LogP contribution >= 0.6 is 12.2 Å². The molecule has 0 saturated heterocycles. The molecule has 0 atom stereocenters. The molecule has 1 aromatic carbocycles. The van der Waals surface area contributed by atoms with Gasteiger partial charge in [0.25, 0.3) is 0 Å². The third kappa shape index (κ3) is 2.51. The van der Waals surface area contributed by atoms with Crippen LogP contribution in [-0.4, -0.2) is 26.1 Å². The zero-order valence-electron chi connectivity index (χ0n) is 8.43. The second-order valence-corrected chi connectivity index (χ2v) is 3.44. The van der Waals surface area contributed by atoms with Crippen LogP contribution in [0.25, 0.3) is 0 Å². The van der Waals surface area contributed by atoms with Gasteiger partial charge in [0.1, 0.15) is 0 Å². The minimum absolute atomic E-state index is 0.0122. The monoisotopic (exact) mass is 241 g/mol. The first kappa shape index (κ1) is 12.1. The highest BCUT2D eigenvalue weighted by atomic mass is 32.1. The largest absolute Gasteiger partial charge is 0.504 e. The highest BCUT2D eigenvalue weighted by molar-refractivity contribution is 7.80. The van der Waals surface area contributed by atoms with E-state index >= 15 is 0 Å². The summed E-state index contributed by atoms with van der Waals surface area (Å²) in [6.45, 7) is 1.58. The lowest BCUT2D eigenvalue weighted by atomic mass is 10.1. The number of phenolic OH excluding ortho intramolecular Hbond substituents is 3. The lowest BCUT2D eigenvalue weighted by Crippen LogP contribution is -2.25. The molecule has 0 aliphatic carbocycles. The van der Waals surface area contributed by atoms with Crippen molar-refractivity contribution in [1.82, 2.24) is 5.43 Å². The van der Waals surface area contributed by atoms with Crippen molar-refractivity contribution in [2.45, 2.75) is 6.92 Å². The summed E-state index contributed by atoms with van der Waals surface area (Å²) in [5.41, 5.74) is 8.14. The number of hydrogen-bond acceptors (Lipinski definition) is 5. The average molecular weight is 241 g/mol. The molecule has 7 heteroatoms. The van der Waals surface area contributed by atoms with Crippen molar-refractivity contribution in [2.75, 3.05) is 0 Å². The number of phenols is 3. The van der Waals surface area contributed by atoms with Crippen molar-refractivity contribution >= 4 is 23.0 Å². The van der Waals surface area contributed by atoms with E-state index in [-0.39, 0.29) is 10.7 Å². The molecule has 0 saturated carbocycles. The molecular formula is C9H11N3O3S. The third-order valence-corrected chi connectivity index (χ3v) is 1.94. The van der Waals surface area contributed by atoms with Crippen molar-refractivity contribution in [2.24, 2.45) is 10.8 Å². The van der Waals surface area contributed by atoms with Crippen LogP contribution in [0.2, 0.25) is 0 Å². The Kier molecular flexibility index (Phi) is 3.51. The van der Waals surface area contributed by atoms with Gasteiger partial charge in [-0.15, -0.1) is 0 Å². The molecule has 0 spiro atoms. The highest BCUT2D eigenvalue weighted by Gasteiger charge is 2.12. The Bertz CT molecular complexity index is 460. The van der Waals surface area contributed by atoms with E-state index < -0.39 is 17.2 Å². The third-order valence-electron chi connectivity index (χ3n) is 1.85. The smallest absolute Gasteiger partial charge is 0.200 e. The normalized spacial score (nSPS) is 11.2. The number of nitrogens with two attached hydrogens (primary N) is 1. The van der Waals surface area contributed by atoms with Crippen molar-refractivity contribution < 1.29 is 15.3 Å². The van der Waals surface area contributed by atoms with Gasteiger partial charge in [-0.3, -0.25) is 5.43 Å². The summed E-state index contributed by atoms with van der Waals surface area (Å²) in [6.07, 6.45) is 0. The maximum Gasteiger partial charge on any atom is 0.200 e. The molecule has 0 radical (unpaired) electrons. The molecule has 6 N–H and O–H groups in total. The molecule has 0 heterocycles. The van der Waals surface area contributed by atoms with Crippen LogP contribution in [0.5, 0.6) is 17.2 Å². The Morgan fingerprint density at radius 1 is 1.31 bits per heavy atom. The molecule has 0 amide bonds. The number of hydrazone groups is 1. The minimum Gasteiger partial charge on any atom is -0.504 e. The number of rotatable bonds is 2. The summed E-state index contributed by atoms with van der Waals surface area (Å²) >= 11 is 4.55. The number of hydrogen-bond donors (Lipinski definition) is 5. The van der Waals surface area contributed by atoms with Crippen LogP contribution in [-0.2, 0) is 0 Å². The van der Waals surface area contributed by atoms with Crippen LogP contribution in [0, 0.1) is 0 Å². The van der Waals surface area contributed by atoms with Crippen molar-refractivity contribution in [1.29, 1.82) is 0 Å². The van der Waals surface area contributed by atoms with Crippen molar-refractivity contribution in [3.8, 4) is 17.2 Å². The van der Waals surface area contributed by atoms with Crippen LogP contribution in [0.3, 0.4) is 0 Å². The molecule has 0 bridgehead atoms. The molecule has 1 aromatic rings. The zero-order chi connectivity index (χ0) is 12.3. The van der Waals surface area contributed by atoms with E-state index in [4.69, 9.17) is 10.8 Å². The topological polar surface area (TPSA) is 111 Å². The van der Waals surface area contributed by atoms with Gasteiger partial charge in [0.15, 0.2) is 16.6 Å². The molecule has 0 unspecified atom stereocenters. The molecule has 16 heavy (non-hydrogen) atoms. The fourth-order valence-corrected chi connectivity index (χ4v) is 1.11. The van der Waals surface area contributed by atoms with Crippen molar-refractivity contribution in [3.63, 3.8) is 0 Å². The second kappa shape index (κ2) is 4.67. The lowest BCUT2D eigenvalue weighted by Gasteiger charge is -2.07. The Balaban J connectivity index is 3.10. The molecule has 0 aliphatic rings. The molecule has 1 rings (SSSR count). The highest BCUT2D eigenvalue weighted by Crippen LogP contribution is 2.37. The number of aromatic hydroxyl groups is 3. The fourth-order valence-electron chi connectivity index (χ4n) is 1.06. The Hall–Kier alpha value is -2.02. The summed E-state index contributed by atoms with van der Waals surface area (Å²) in [4.78, 5) is 0. The first-order valence-corrected chi connectivity index (χ1v) is 4.68. The lowest BCUT2D eigenvalue weighted by molar-refractivity contribution is 0.367. The molecular weight excluding hydrogens is 230 g/mol. The quantitative estimate of drug-likeness (QED) is 0.221. The minimum atomic E-state index is -0.595. The fraction of sp³-hybridized carbons (Fsp3) is 0.111. The number of nitrogens with zero attached hydrogens (tertiary/aromatic N) is 1. The van der Waals surface area contributed by atoms with E-state index in [2.05, 4.69) is 22.7 Å². The van der Waals surface area contributed by atoms with Crippen molar-refractivity contribution in [3.05, 3.63) is 17.7 Å². The predicted molar refractivity (Wildman–Crippen MR) is 63.6 cm³/mol. The van der Waals surface area contributed by atoms with Gasteiger partial charge in [0.05, 0.1) is 5.71 Å². The number of nitrogens with one attached hydrogen (secondary N) is 1. The van der Waals surface area contributed by atoms with Crippen LogP contribution < -0.4 is 11.2 Å². The molecule has 0 aromatic heterocycles. The van der Waals surface area contributed by atoms with Gasteiger partial charge in [-0.2, -0.15) is 5.10 Å². The Morgan fingerprint density at radius 3 is 2.50 bits per heavy atom. The first-order valence-electron chi connectivity index (χ1n) is 4.27. The molecule has 6 nitrogen and oxygen atoms in total. The van der Waals surface area contributed by atoms with Gasteiger partial charge < -0.3 is 21.1 Å². The summed E-state index contributed by atoms with van der Waals surface area (Å²) in [5.74, 6) is -1.45. The summed E-state index contributed by atoms with van der Waals surface area (Å²) < 4.78 is 0. The van der Waals surface area contributed by atoms with E-state index in [9.17, 15) is 10.2 Å².